The molecule has 1 aromatic rings. The largest absolute Gasteiger partial charge is 0.344 e. The Balaban J connectivity index is 1.93. The summed E-state index contributed by atoms with van der Waals surface area (Å²) in [6.07, 6.45) is 0. The lowest BCUT2D eigenvalue weighted by Crippen LogP contribution is -3.15. The number of rotatable bonds is 6. The van der Waals surface area contributed by atoms with Crippen LogP contribution in [0.1, 0.15) is 57.7 Å². The Labute approximate surface area is 157 Å². The fraction of sp³-hybridized carbons (Fsp3) is 0.619. The molecule has 0 spiro atoms. The fourth-order valence-corrected chi connectivity index (χ4v) is 3.49. The first-order chi connectivity index (χ1) is 12.3. The van der Waals surface area contributed by atoms with E-state index >= 15 is 0 Å². The molecule has 1 heterocycles. The van der Waals surface area contributed by atoms with Crippen molar-refractivity contribution in [2.45, 2.75) is 46.6 Å². The maximum atomic E-state index is 12.6. The Morgan fingerprint density at radius 3 is 2.04 bits per heavy atom. The number of piperazine rings is 1. The van der Waals surface area contributed by atoms with Gasteiger partial charge in [0, 0.05) is 6.92 Å². The smallest absolute Gasteiger partial charge is 0.275 e. The minimum Gasteiger partial charge on any atom is -0.344 e. The standard InChI is InChI=1S/C21H33N3O2/c1-15(2)18-6-8-19(9-7-18)21(16(3)4)22-20(26)14-23-10-12-24(13-11-23)17(5)25/h6-9,15-16,21H,10-14H2,1-5H3,(H,22,26)/p+1/t21-/m1/s1. The van der Waals surface area contributed by atoms with Crippen molar-refractivity contribution in [3.63, 3.8) is 0 Å². The Morgan fingerprint density at radius 2 is 1.58 bits per heavy atom. The van der Waals surface area contributed by atoms with Crippen molar-refractivity contribution >= 4 is 11.8 Å². The number of benzene rings is 1. The van der Waals surface area contributed by atoms with Gasteiger partial charge in [-0.05, 0) is 23.0 Å². The molecular formula is C21H34N3O2+. The van der Waals surface area contributed by atoms with Crippen LogP contribution in [-0.4, -0.2) is 49.4 Å². The first-order valence-electron chi connectivity index (χ1n) is 9.76. The summed E-state index contributed by atoms with van der Waals surface area (Å²) in [5.74, 6) is 1.04. The molecule has 0 unspecified atom stereocenters. The molecule has 1 atom stereocenters. The molecule has 1 fully saturated rings. The van der Waals surface area contributed by atoms with Crippen molar-refractivity contribution in [1.29, 1.82) is 0 Å². The third-order valence-electron chi connectivity index (χ3n) is 5.27. The molecule has 2 rings (SSSR count). The quantitative estimate of drug-likeness (QED) is 0.805. The van der Waals surface area contributed by atoms with E-state index in [1.54, 1.807) is 6.92 Å². The number of amides is 2. The van der Waals surface area contributed by atoms with E-state index in [0.717, 1.165) is 31.7 Å². The Hall–Kier alpha value is -1.88. The lowest BCUT2D eigenvalue weighted by molar-refractivity contribution is -0.896. The Morgan fingerprint density at radius 1 is 1.04 bits per heavy atom. The second-order valence-electron chi connectivity index (χ2n) is 8.04. The van der Waals surface area contributed by atoms with Crippen molar-refractivity contribution < 1.29 is 14.5 Å². The number of nitrogens with one attached hydrogen (secondary N) is 2. The van der Waals surface area contributed by atoms with Gasteiger partial charge in [0.1, 0.15) is 0 Å². The second-order valence-corrected chi connectivity index (χ2v) is 8.04. The van der Waals surface area contributed by atoms with Crippen molar-refractivity contribution in [2.75, 3.05) is 32.7 Å². The van der Waals surface area contributed by atoms with Gasteiger partial charge in [-0.15, -0.1) is 0 Å². The number of hydrogen-bond donors (Lipinski definition) is 2. The highest BCUT2D eigenvalue weighted by Gasteiger charge is 2.25. The van der Waals surface area contributed by atoms with Gasteiger partial charge < -0.3 is 15.1 Å². The van der Waals surface area contributed by atoms with Gasteiger partial charge >= 0.3 is 0 Å². The van der Waals surface area contributed by atoms with E-state index in [0.29, 0.717) is 18.4 Å². The molecule has 1 aliphatic rings. The van der Waals surface area contributed by atoms with Crippen LogP contribution >= 0.6 is 0 Å². The summed E-state index contributed by atoms with van der Waals surface area (Å²) in [7, 11) is 0. The van der Waals surface area contributed by atoms with Gasteiger partial charge in [-0.3, -0.25) is 9.59 Å². The van der Waals surface area contributed by atoms with Crippen LogP contribution in [-0.2, 0) is 9.59 Å². The summed E-state index contributed by atoms with van der Waals surface area (Å²) in [6.45, 7) is 13.9. The SMILES string of the molecule is CC(=O)N1CC[NH+](CC(=O)N[C@@H](c2ccc(C(C)C)cc2)C(C)C)CC1. The van der Waals surface area contributed by atoms with Crippen LogP contribution in [0.3, 0.4) is 0 Å². The molecule has 2 N–H and O–H groups in total. The van der Waals surface area contributed by atoms with E-state index in [-0.39, 0.29) is 17.9 Å². The summed E-state index contributed by atoms with van der Waals surface area (Å²) < 4.78 is 0. The highest BCUT2D eigenvalue weighted by Crippen LogP contribution is 2.23. The molecule has 1 saturated heterocycles. The number of quaternary nitrogens is 1. The van der Waals surface area contributed by atoms with Crippen molar-refractivity contribution in [3.05, 3.63) is 35.4 Å². The average Bonchev–Trinajstić information content (AvgIpc) is 2.60. The number of nitrogens with zero attached hydrogens (tertiary/aromatic N) is 1. The average molecular weight is 361 g/mol. The van der Waals surface area contributed by atoms with Crippen LogP contribution in [0.4, 0.5) is 0 Å². The molecule has 1 aliphatic heterocycles. The molecule has 5 nitrogen and oxygen atoms in total. The molecule has 26 heavy (non-hydrogen) atoms. The minimum absolute atomic E-state index is 0.0293. The zero-order chi connectivity index (χ0) is 19.3. The number of hydrogen-bond acceptors (Lipinski definition) is 2. The van der Waals surface area contributed by atoms with Gasteiger partial charge in [-0.2, -0.15) is 0 Å². The first kappa shape index (κ1) is 20.4. The van der Waals surface area contributed by atoms with Gasteiger partial charge in [-0.1, -0.05) is 52.0 Å². The highest BCUT2D eigenvalue weighted by atomic mass is 16.2. The molecule has 144 valence electrons. The van der Waals surface area contributed by atoms with Crippen LogP contribution in [0.25, 0.3) is 0 Å². The summed E-state index contributed by atoms with van der Waals surface area (Å²) >= 11 is 0. The summed E-state index contributed by atoms with van der Waals surface area (Å²) in [4.78, 5) is 27.1. The maximum absolute atomic E-state index is 12.6. The molecule has 0 saturated carbocycles. The monoisotopic (exact) mass is 360 g/mol. The molecule has 0 aliphatic carbocycles. The molecule has 1 aromatic carbocycles. The highest BCUT2D eigenvalue weighted by molar-refractivity contribution is 5.77. The third-order valence-corrected chi connectivity index (χ3v) is 5.27. The predicted molar refractivity (Wildman–Crippen MR) is 104 cm³/mol. The summed E-state index contributed by atoms with van der Waals surface area (Å²) in [6, 6.07) is 8.63. The zero-order valence-electron chi connectivity index (χ0n) is 16.8. The van der Waals surface area contributed by atoms with Gasteiger partial charge in [0.25, 0.3) is 5.91 Å². The van der Waals surface area contributed by atoms with Gasteiger partial charge in [0.05, 0.1) is 32.2 Å². The van der Waals surface area contributed by atoms with Crippen LogP contribution in [0, 0.1) is 5.92 Å². The van der Waals surface area contributed by atoms with E-state index in [9.17, 15) is 9.59 Å². The predicted octanol–water partition coefficient (Wildman–Crippen LogP) is 1.37. The van der Waals surface area contributed by atoms with Gasteiger partial charge in [0.15, 0.2) is 6.54 Å². The zero-order valence-corrected chi connectivity index (χ0v) is 16.8. The van der Waals surface area contributed by atoms with Crippen molar-refractivity contribution in [1.82, 2.24) is 10.2 Å². The Bertz CT molecular complexity index is 602. The lowest BCUT2D eigenvalue weighted by Gasteiger charge is -2.32. The van der Waals surface area contributed by atoms with E-state index in [1.165, 1.54) is 10.5 Å². The van der Waals surface area contributed by atoms with E-state index in [1.807, 2.05) is 4.90 Å². The Kier molecular flexibility index (Phi) is 7.21. The maximum Gasteiger partial charge on any atom is 0.275 e. The molecule has 5 heteroatoms. The fourth-order valence-electron chi connectivity index (χ4n) is 3.49. The first-order valence-corrected chi connectivity index (χ1v) is 9.76. The van der Waals surface area contributed by atoms with E-state index in [4.69, 9.17) is 0 Å². The van der Waals surface area contributed by atoms with E-state index in [2.05, 4.69) is 57.3 Å². The molecule has 2 amide bonds. The number of carbonyl (C=O) groups excluding carboxylic acids is 2. The summed E-state index contributed by atoms with van der Waals surface area (Å²) in [5, 5.41) is 3.22. The lowest BCUT2D eigenvalue weighted by atomic mass is 9.93. The van der Waals surface area contributed by atoms with Gasteiger partial charge in [-0.25, -0.2) is 0 Å². The van der Waals surface area contributed by atoms with Crippen LogP contribution < -0.4 is 10.2 Å². The molecule has 0 aromatic heterocycles. The third kappa shape index (κ3) is 5.56. The van der Waals surface area contributed by atoms with Crippen LogP contribution in [0.15, 0.2) is 24.3 Å². The molecule has 0 radical (unpaired) electrons. The van der Waals surface area contributed by atoms with E-state index < -0.39 is 0 Å². The van der Waals surface area contributed by atoms with Crippen molar-refractivity contribution in [2.24, 2.45) is 5.92 Å². The van der Waals surface area contributed by atoms with Crippen LogP contribution in [0.5, 0.6) is 0 Å². The van der Waals surface area contributed by atoms with Crippen molar-refractivity contribution in [3.8, 4) is 0 Å². The molecular weight excluding hydrogens is 326 g/mol. The minimum atomic E-state index is 0.0293. The topological polar surface area (TPSA) is 53.9 Å². The molecule has 0 bridgehead atoms. The normalized spacial score (nSPS) is 16.8. The second kappa shape index (κ2) is 9.17. The van der Waals surface area contributed by atoms with Crippen LogP contribution in [0.2, 0.25) is 0 Å². The van der Waals surface area contributed by atoms with Gasteiger partial charge in [0.2, 0.25) is 5.91 Å². The summed E-state index contributed by atoms with van der Waals surface area (Å²) in [5.41, 5.74) is 2.48. The number of carbonyl (C=O) groups is 2.